The number of hydrogen-bond donors (Lipinski definition) is 1. The average Bonchev–Trinajstić information content (AvgIpc) is 2.70. The Bertz CT molecular complexity index is 903. The Morgan fingerprint density at radius 2 is 2.03 bits per heavy atom. The second-order valence-corrected chi connectivity index (χ2v) is 8.51. The highest BCUT2D eigenvalue weighted by Crippen LogP contribution is 2.49. The van der Waals surface area contributed by atoms with Crippen LogP contribution in [0.25, 0.3) is 0 Å². The van der Waals surface area contributed by atoms with E-state index in [-0.39, 0.29) is 17.3 Å². The molecule has 0 aromatic heterocycles. The number of methoxy groups -OCH3 is 1. The molecule has 2 aliphatic rings. The van der Waals surface area contributed by atoms with E-state index in [1.54, 1.807) is 13.2 Å². The molecule has 156 valence electrons. The molecule has 0 aliphatic carbocycles. The molecular formula is C24H30O5. The Labute approximate surface area is 172 Å². The normalized spacial score (nSPS) is 19.4. The van der Waals surface area contributed by atoms with Crippen LogP contribution < -0.4 is 18.9 Å². The lowest BCUT2D eigenvalue weighted by Gasteiger charge is -2.36. The van der Waals surface area contributed by atoms with Crippen LogP contribution >= 0.6 is 0 Å². The molecule has 0 saturated carbocycles. The molecule has 0 radical (unpaired) electrons. The quantitative estimate of drug-likeness (QED) is 0.767. The van der Waals surface area contributed by atoms with Crippen LogP contribution in [0.4, 0.5) is 0 Å². The molecule has 2 aromatic rings. The first-order valence-electron chi connectivity index (χ1n) is 10.4. The van der Waals surface area contributed by atoms with E-state index in [2.05, 4.69) is 20.8 Å². The molecule has 1 atom stereocenters. The zero-order chi connectivity index (χ0) is 20.6. The van der Waals surface area contributed by atoms with Crippen molar-refractivity contribution in [3.8, 4) is 28.7 Å². The third-order valence-corrected chi connectivity index (χ3v) is 5.78. The van der Waals surface area contributed by atoms with Crippen molar-refractivity contribution in [1.82, 2.24) is 0 Å². The standard InChI is InChI=1S/C24H30O5/c1-5-10-27-16-6-7-17(20(25)12-16)15-11-19-21(26-4)13-22-18(23(19)28-14-15)8-9-24(2,3)29-22/h6-7,12-13,15,25H,5,8-11,14H2,1-4H3/t15-/m1/s1. The van der Waals surface area contributed by atoms with Crippen molar-refractivity contribution in [3.63, 3.8) is 0 Å². The van der Waals surface area contributed by atoms with E-state index in [0.717, 1.165) is 59.6 Å². The molecule has 29 heavy (non-hydrogen) atoms. The highest BCUT2D eigenvalue weighted by Gasteiger charge is 2.35. The minimum Gasteiger partial charge on any atom is -0.508 e. The fraction of sp³-hybridized carbons (Fsp3) is 0.500. The van der Waals surface area contributed by atoms with E-state index in [9.17, 15) is 5.11 Å². The summed E-state index contributed by atoms with van der Waals surface area (Å²) >= 11 is 0. The van der Waals surface area contributed by atoms with Crippen molar-refractivity contribution in [3.05, 3.63) is 41.0 Å². The third kappa shape index (κ3) is 3.83. The van der Waals surface area contributed by atoms with E-state index in [0.29, 0.717) is 19.0 Å². The highest BCUT2D eigenvalue weighted by atomic mass is 16.5. The molecule has 1 N–H and O–H groups in total. The maximum atomic E-state index is 10.6. The molecule has 2 aliphatic heterocycles. The molecule has 0 unspecified atom stereocenters. The summed E-state index contributed by atoms with van der Waals surface area (Å²) in [5.41, 5.74) is 2.87. The summed E-state index contributed by atoms with van der Waals surface area (Å²) in [7, 11) is 1.68. The average molecular weight is 398 g/mol. The van der Waals surface area contributed by atoms with Crippen LogP contribution in [0, 0.1) is 0 Å². The lowest BCUT2D eigenvalue weighted by molar-refractivity contribution is 0.0821. The van der Waals surface area contributed by atoms with Gasteiger partial charge >= 0.3 is 0 Å². The van der Waals surface area contributed by atoms with E-state index < -0.39 is 0 Å². The van der Waals surface area contributed by atoms with Gasteiger partial charge in [0.25, 0.3) is 0 Å². The van der Waals surface area contributed by atoms with Crippen molar-refractivity contribution in [1.29, 1.82) is 0 Å². The van der Waals surface area contributed by atoms with Crippen molar-refractivity contribution in [2.24, 2.45) is 0 Å². The van der Waals surface area contributed by atoms with Crippen LogP contribution in [0.3, 0.4) is 0 Å². The summed E-state index contributed by atoms with van der Waals surface area (Å²) in [6.45, 7) is 7.42. The summed E-state index contributed by atoms with van der Waals surface area (Å²) in [5.74, 6) is 3.53. The number of ether oxygens (including phenoxy) is 4. The van der Waals surface area contributed by atoms with Crippen LogP contribution in [0.15, 0.2) is 24.3 Å². The maximum Gasteiger partial charge on any atom is 0.133 e. The zero-order valence-electron chi connectivity index (χ0n) is 17.7. The van der Waals surface area contributed by atoms with Gasteiger partial charge in [-0.1, -0.05) is 13.0 Å². The number of rotatable bonds is 5. The fourth-order valence-corrected chi connectivity index (χ4v) is 4.22. The Morgan fingerprint density at radius 1 is 1.21 bits per heavy atom. The van der Waals surface area contributed by atoms with E-state index in [4.69, 9.17) is 18.9 Å². The summed E-state index contributed by atoms with van der Waals surface area (Å²) in [6.07, 6.45) is 3.55. The smallest absolute Gasteiger partial charge is 0.133 e. The second-order valence-electron chi connectivity index (χ2n) is 8.51. The van der Waals surface area contributed by atoms with Crippen LogP contribution in [0.2, 0.25) is 0 Å². The lowest BCUT2D eigenvalue weighted by atomic mass is 9.85. The largest absolute Gasteiger partial charge is 0.508 e. The first-order chi connectivity index (χ1) is 13.9. The third-order valence-electron chi connectivity index (χ3n) is 5.78. The molecule has 4 rings (SSSR count). The summed E-state index contributed by atoms with van der Waals surface area (Å²) in [4.78, 5) is 0. The Hall–Kier alpha value is -2.56. The van der Waals surface area contributed by atoms with Crippen molar-refractivity contribution >= 4 is 0 Å². The van der Waals surface area contributed by atoms with Gasteiger partial charge in [-0.15, -0.1) is 0 Å². The number of hydrogen-bond acceptors (Lipinski definition) is 5. The van der Waals surface area contributed by atoms with Gasteiger partial charge in [0, 0.05) is 34.7 Å². The minimum absolute atomic E-state index is 0.0515. The molecular weight excluding hydrogens is 368 g/mol. The van der Waals surface area contributed by atoms with Gasteiger partial charge in [0.05, 0.1) is 20.3 Å². The van der Waals surface area contributed by atoms with E-state index >= 15 is 0 Å². The number of aromatic hydroxyl groups is 1. The van der Waals surface area contributed by atoms with Gasteiger partial charge in [0.1, 0.15) is 34.3 Å². The predicted molar refractivity (Wildman–Crippen MR) is 112 cm³/mol. The lowest BCUT2D eigenvalue weighted by Crippen LogP contribution is -2.33. The molecule has 2 heterocycles. The molecule has 0 bridgehead atoms. The Kier molecular flexibility index (Phi) is 5.24. The van der Waals surface area contributed by atoms with Crippen LogP contribution in [0.5, 0.6) is 28.7 Å². The monoisotopic (exact) mass is 398 g/mol. The number of fused-ring (bicyclic) bond motifs is 3. The molecule has 0 amide bonds. The first-order valence-corrected chi connectivity index (χ1v) is 10.4. The molecule has 5 nitrogen and oxygen atoms in total. The topological polar surface area (TPSA) is 57.2 Å². The van der Waals surface area contributed by atoms with Gasteiger partial charge < -0.3 is 24.1 Å². The highest BCUT2D eigenvalue weighted by molar-refractivity contribution is 5.60. The Balaban J connectivity index is 1.64. The summed E-state index contributed by atoms with van der Waals surface area (Å²) < 4.78 is 23.7. The van der Waals surface area contributed by atoms with E-state index in [1.807, 2.05) is 18.2 Å². The van der Waals surface area contributed by atoms with Gasteiger partial charge in [-0.25, -0.2) is 0 Å². The summed E-state index contributed by atoms with van der Waals surface area (Å²) in [5, 5.41) is 10.6. The Morgan fingerprint density at radius 3 is 2.76 bits per heavy atom. The molecule has 0 spiro atoms. The van der Waals surface area contributed by atoms with Gasteiger partial charge in [-0.2, -0.15) is 0 Å². The summed E-state index contributed by atoms with van der Waals surface area (Å²) in [6, 6.07) is 7.54. The zero-order valence-corrected chi connectivity index (χ0v) is 17.7. The van der Waals surface area contributed by atoms with Crippen LogP contribution in [0.1, 0.15) is 56.2 Å². The van der Waals surface area contributed by atoms with Gasteiger partial charge in [0.15, 0.2) is 0 Å². The SMILES string of the molecule is CCCOc1ccc([C@H]2COc3c(c(OC)cc4c3CCC(C)(C)O4)C2)c(O)c1. The predicted octanol–water partition coefficient (Wildman–Crippen LogP) is 5.01. The number of benzene rings is 2. The number of phenols is 1. The first kappa shape index (κ1) is 19.7. The van der Waals surface area contributed by atoms with Gasteiger partial charge in [-0.3, -0.25) is 0 Å². The molecule has 2 aromatic carbocycles. The number of phenolic OH excluding ortho intramolecular Hbond substituents is 1. The maximum absolute atomic E-state index is 10.6. The van der Waals surface area contributed by atoms with Crippen LogP contribution in [-0.2, 0) is 12.8 Å². The van der Waals surface area contributed by atoms with Crippen LogP contribution in [-0.4, -0.2) is 31.0 Å². The molecule has 0 fully saturated rings. The van der Waals surface area contributed by atoms with Gasteiger partial charge in [0.2, 0.25) is 0 Å². The fourth-order valence-electron chi connectivity index (χ4n) is 4.22. The second kappa shape index (κ2) is 7.69. The molecule has 0 saturated heterocycles. The van der Waals surface area contributed by atoms with E-state index in [1.165, 1.54) is 0 Å². The van der Waals surface area contributed by atoms with Gasteiger partial charge in [-0.05, 0) is 45.6 Å². The molecule has 5 heteroatoms. The van der Waals surface area contributed by atoms with Crippen molar-refractivity contribution < 1.29 is 24.1 Å². The minimum atomic E-state index is -0.184. The van der Waals surface area contributed by atoms with Crippen molar-refractivity contribution in [2.75, 3.05) is 20.3 Å². The van der Waals surface area contributed by atoms with Crippen molar-refractivity contribution in [2.45, 2.75) is 58.0 Å².